The van der Waals surface area contributed by atoms with Crippen LogP contribution in [0.25, 0.3) is 10.9 Å². The Morgan fingerprint density at radius 1 is 0.967 bits per heavy atom. The Kier molecular flexibility index (Phi) is 6.13. The molecule has 1 aliphatic rings. The number of alkyl halides is 2. The van der Waals surface area contributed by atoms with E-state index in [0.717, 1.165) is 10.9 Å². The molecule has 0 saturated carbocycles. The van der Waals surface area contributed by atoms with Crippen molar-refractivity contribution in [1.82, 2.24) is 20.2 Å². The van der Waals surface area contributed by atoms with Gasteiger partial charge in [-0.25, -0.2) is 18.7 Å². The molecule has 156 valence electrons. The minimum absolute atomic E-state index is 0.0280. The maximum atomic E-state index is 13.2. The van der Waals surface area contributed by atoms with E-state index in [-0.39, 0.29) is 5.91 Å². The third-order valence-corrected chi connectivity index (χ3v) is 5.17. The molecule has 6 nitrogen and oxygen atoms in total. The first kappa shape index (κ1) is 20.2. The number of halogens is 2. The molecule has 0 radical (unpaired) electrons. The van der Waals surface area contributed by atoms with E-state index in [4.69, 9.17) is 0 Å². The monoisotopic (exact) mass is 411 g/mol. The second-order valence-electron chi connectivity index (χ2n) is 7.25. The predicted molar refractivity (Wildman–Crippen MR) is 111 cm³/mol. The van der Waals surface area contributed by atoms with Crippen LogP contribution in [-0.2, 0) is 11.3 Å². The van der Waals surface area contributed by atoms with Crippen molar-refractivity contribution in [3.05, 3.63) is 66.0 Å². The van der Waals surface area contributed by atoms with E-state index in [1.54, 1.807) is 12.1 Å². The molecular formula is C22H23F2N5O. The predicted octanol–water partition coefficient (Wildman–Crippen LogP) is 3.01. The lowest BCUT2D eigenvalue weighted by Crippen LogP contribution is -2.49. The van der Waals surface area contributed by atoms with Crippen LogP contribution < -0.4 is 10.2 Å². The molecular weight excluding hydrogens is 388 g/mol. The smallest absolute Gasteiger partial charge is 0.297 e. The van der Waals surface area contributed by atoms with Gasteiger partial charge in [-0.1, -0.05) is 42.5 Å². The van der Waals surface area contributed by atoms with E-state index in [0.29, 0.717) is 50.6 Å². The molecule has 1 saturated heterocycles. The van der Waals surface area contributed by atoms with Gasteiger partial charge in [-0.15, -0.1) is 0 Å². The highest BCUT2D eigenvalue weighted by atomic mass is 19.3. The molecule has 1 N–H and O–H groups in total. The number of hydrogen-bond acceptors (Lipinski definition) is 5. The summed E-state index contributed by atoms with van der Waals surface area (Å²) in [6.45, 7) is 3.34. The van der Waals surface area contributed by atoms with Gasteiger partial charge in [0.15, 0.2) is 5.82 Å². The molecule has 30 heavy (non-hydrogen) atoms. The van der Waals surface area contributed by atoms with Crippen LogP contribution >= 0.6 is 0 Å². The van der Waals surface area contributed by atoms with Crippen LogP contribution in [0.1, 0.15) is 17.8 Å². The van der Waals surface area contributed by atoms with Crippen molar-refractivity contribution < 1.29 is 13.6 Å². The molecule has 0 aliphatic carbocycles. The Hall–Kier alpha value is -3.13. The third kappa shape index (κ3) is 4.71. The van der Waals surface area contributed by atoms with Crippen molar-refractivity contribution in [1.29, 1.82) is 0 Å². The van der Waals surface area contributed by atoms with Crippen LogP contribution in [-0.4, -0.2) is 53.5 Å². The number of piperazine rings is 1. The van der Waals surface area contributed by atoms with Gasteiger partial charge in [-0.2, -0.15) is 0 Å². The molecule has 0 bridgehead atoms. The summed E-state index contributed by atoms with van der Waals surface area (Å²) >= 11 is 0. The van der Waals surface area contributed by atoms with Crippen LogP contribution in [0.4, 0.5) is 14.6 Å². The van der Waals surface area contributed by atoms with Gasteiger partial charge in [0, 0.05) is 38.1 Å². The second kappa shape index (κ2) is 9.13. The summed E-state index contributed by atoms with van der Waals surface area (Å²) in [7, 11) is 0. The number of para-hydroxylation sites is 1. The van der Waals surface area contributed by atoms with E-state index in [2.05, 4.69) is 20.2 Å². The summed E-state index contributed by atoms with van der Waals surface area (Å²) in [4.78, 5) is 24.4. The summed E-state index contributed by atoms with van der Waals surface area (Å²) in [6.07, 6.45) is -2.72. The highest BCUT2D eigenvalue weighted by Gasteiger charge is 2.23. The molecule has 1 fully saturated rings. The topological polar surface area (TPSA) is 61.4 Å². The number of anilines is 1. The molecule has 0 unspecified atom stereocenters. The van der Waals surface area contributed by atoms with Gasteiger partial charge in [0.2, 0.25) is 5.91 Å². The van der Waals surface area contributed by atoms with Crippen molar-refractivity contribution in [2.24, 2.45) is 0 Å². The number of aromatic nitrogens is 2. The van der Waals surface area contributed by atoms with Crippen LogP contribution in [0.5, 0.6) is 0 Å². The number of carbonyl (C=O) groups is 1. The summed E-state index contributed by atoms with van der Waals surface area (Å²) < 4.78 is 26.5. The van der Waals surface area contributed by atoms with Crippen LogP contribution in [0, 0.1) is 0 Å². The molecule has 0 spiro atoms. The van der Waals surface area contributed by atoms with Crippen molar-refractivity contribution in [3.8, 4) is 0 Å². The fraction of sp³-hybridized carbons (Fsp3) is 0.318. The number of nitrogens with one attached hydrogen (secondary N) is 1. The number of carbonyl (C=O) groups excluding carboxylic acids is 1. The SMILES string of the molecule is O=C(CN1CCN(c2nc(C(F)F)nc3ccccc23)CC1)NCc1ccccc1. The fourth-order valence-electron chi connectivity index (χ4n) is 3.59. The summed E-state index contributed by atoms with van der Waals surface area (Å²) in [5.74, 6) is 0.0512. The Bertz CT molecular complexity index is 1010. The summed E-state index contributed by atoms with van der Waals surface area (Å²) in [5.41, 5.74) is 1.57. The maximum Gasteiger partial charge on any atom is 0.297 e. The van der Waals surface area contributed by atoms with Crippen molar-refractivity contribution in [2.45, 2.75) is 13.0 Å². The number of amides is 1. The quantitative estimate of drug-likeness (QED) is 0.676. The van der Waals surface area contributed by atoms with E-state index in [1.165, 1.54) is 0 Å². The lowest BCUT2D eigenvalue weighted by molar-refractivity contribution is -0.122. The maximum absolute atomic E-state index is 13.2. The van der Waals surface area contributed by atoms with Gasteiger partial charge in [-0.05, 0) is 17.7 Å². The lowest BCUT2D eigenvalue weighted by Gasteiger charge is -2.35. The fourth-order valence-corrected chi connectivity index (χ4v) is 3.59. The van der Waals surface area contributed by atoms with Gasteiger partial charge in [-0.3, -0.25) is 9.69 Å². The van der Waals surface area contributed by atoms with E-state index in [1.807, 2.05) is 47.4 Å². The minimum atomic E-state index is -2.72. The molecule has 1 aromatic heterocycles. The standard InChI is InChI=1S/C22H23F2N5O/c23-20(24)21-26-18-9-5-4-8-17(18)22(27-21)29-12-10-28(11-13-29)15-19(30)25-14-16-6-2-1-3-7-16/h1-9,20H,10-15H2,(H,25,30). The first-order valence-corrected chi connectivity index (χ1v) is 9.93. The van der Waals surface area contributed by atoms with Crippen molar-refractivity contribution >= 4 is 22.6 Å². The lowest BCUT2D eigenvalue weighted by atomic mass is 10.2. The van der Waals surface area contributed by atoms with Gasteiger partial charge in [0.25, 0.3) is 6.43 Å². The number of fused-ring (bicyclic) bond motifs is 1. The van der Waals surface area contributed by atoms with E-state index in [9.17, 15) is 13.6 Å². The molecule has 0 atom stereocenters. The van der Waals surface area contributed by atoms with Gasteiger partial charge >= 0.3 is 0 Å². The number of hydrogen-bond donors (Lipinski definition) is 1. The van der Waals surface area contributed by atoms with E-state index >= 15 is 0 Å². The minimum Gasteiger partial charge on any atom is -0.353 e. The van der Waals surface area contributed by atoms with Crippen LogP contribution in [0.2, 0.25) is 0 Å². The first-order valence-electron chi connectivity index (χ1n) is 9.93. The third-order valence-electron chi connectivity index (χ3n) is 5.17. The summed E-state index contributed by atoms with van der Waals surface area (Å²) in [6, 6.07) is 17.0. The normalized spacial score (nSPS) is 15.0. The molecule has 4 rings (SSSR count). The Morgan fingerprint density at radius 3 is 2.40 bits per heavy atom. The molecule has 8 heteroatoms. The largest absolute Gasteiger partial charge is 0.353 e. The Balaban J connectivity index is 1.37. The zero-order valence-corrected chi connectivity index (χ0v) is 16.5. The molecule has 2 aromatic carbocycles. The summed E-state index contributed by atoms with van der Waals surface area (Å²) in [5, 5.41) is 3.70. The zero-order valence-electron chi connectivity index (χ0n) is 16.5. The van der Waals surface area contributed by atoms with Crippen molar-refractivity contribution in [3.63, 3.8) is 0 Å². The van der Waals surface area contributed by atoms with E-state index < -0.39 is 12.2 Å². The Labute approximate surface area is 173 Å². The van der Waals surface area contributed by atoms with Gasteiger partial charge in [0.1, 0.15) is 5.82 Å². The van der Waals surface area contributed by atoms with Crippen LogP contribution in [0.15, 0.2) is 54.6 Å². The number of benzene rings is 2. The molecule has 1 amide bonds. The van der Waals surface area contributed by atoms with Gasteiger partial charge in [0.05, 0.1) is 12.1 Å². The van der Waals surface area contributed by atoms with Crippen LogP contribution in [0.3, 0.4) is 0 Å². The van der Waals surface area contributed by atoms with Gasteiger partial charge < -0.3 is 10.2 Å². The molecule has 2 heterocycles. The number of rotatable bonds is 6. The Morgan fingerprint density at radius 2 is 1.67 bits per heavy atom. The highest BCUT2D eigenvalue weighted by molar-refractivity contribution is 5.89. The van der Waals surface area contributed by atoms with Crippen molar-refractivity contribution in [2.75, 3.05) is 37.6 Å². The highest BCUT2D eigenvalue weighted by Crippen LogP contribution is 2.27. The number of nitrogens with zero attached hydrogens (tertiary/aromatic N) is 4. The first-order chi connectivity index (χ1) is 14.6. The zero-order chi connectivity index (χ0) is 20.9. The molecule has 1 aliphatic heterocycles. The second-order valence-corrected chi connectivity index (χ2v) is 7.25. The average Bonchev–Trinajstić information content (AvgIpc) is 2.78. The average molecular weight is 411 g/mol. The molecule has 3 aromatic rings.